The number of benzene rings is 1. The molecule has 7 heteroatoms. The van der Waals surface area contributed by atoms with Crippen molar-refractivity contribution in [2.75, 3.05) is 0 Å². The lowest BCUT2D eigenvalue weighted by Gasteiger charge is -2.02. The molecule has 0 aliphatic carbocycles. The topological polar surface area (TPSA) is 82.1 Å². The van der Waals surface area contributed by atoms with Crippen LogP contribution in [0.1, 0.15) is 29.6 Å². The zero-order valence-electron chi connectivity index (χ0n) is 10.5. The van der Waals surface area contributed by atoms with Gasteiger partial charge < -0.3 is 4.42 Å². The molecule has 0 saturated heterocycles. The molecule has 0 bridgehead atoms. The first-order valence-electron chi connectivity index (χ1n) is 5.76. The van der Waals surface area contributed by atoms with E-state index in [1.54, 1.807) is 19.1 Å². The normalized spacial score (nSPS) is 12.4. The SMILES string of the molecule is CCC(Br)c1nnc(-c2cccc([N+](=O)[O-])c2C)o1. The van der Waals surface area contributed by atoms with Gasteiger partial charge in [0.25, 0.3) is 5.69 Å². The van der Waals surface area contributed by atoms with Crippen LogP contribution in [-0.2, 0) is 0 Å². The minimum atomic E-state index is -0.421. The first-order valence-corrected chi connectivity index (χ1v) is 6.68. The summed E-state index contributed by atoms with van der Waals surface area (Å²) in [4.78, 5) is 10.5. The highest BCUT2D eigenvalue weighted by molar-refractivity contribution is 9.09. The van der Waals surface area contributed by atoms with Gasteiger partial charge in [0.2, 0.25) is 11.8 Å². The fourth-order valence-corrected chi connectivity index (χ4v) is 1.88. The third-order valence-electron chi connectivity index (χ3n) is 2.80. The van der Waals surface area contributed by atoms with E-state index in [9.17, 15) is 10.1 Å². The molecular weight excluding hydrogens is 314 g/mol. The number of nitro benzene ring substituents is 1. The highest BCUT2D eigenvalue weighted by Crippen LogP contribution is 2.31. The molecule has 0 fully saturated rings. The molecule has 0 saturated carbocycles. The summed E-state index contributed by atoms with van der Waals surface area (Å²) in [5.41, 5.74) is 1.15. The second-order valence-electron chi connectivity index (χ2n) is 4.03. The number of nitro groups is 1. The average Bonchev–Trinajstić information content (AvgIpc) is 2.87. The molecule has 2 rings (SSSR count). The molecule has 1 unspecified atom stereocenters. The molecule has 1 atom stereocenters. The van der Waals surface area contributed by atoms with E-state index >= 15 is 0 Å². The molecule has 2 aromatic rings. The number of halogens is 1. The van der Waals surface area contributed by atoms with Gasteiger partial charge in [-0.15, -0.1) is 10.2 Å². The summed E-state index contributed by atoms with van der Waals surface area (Å²) in [6.07, 6.45) is 0.815. The molecule has 1 heterocycles. The predicted octanol–water partition coefficient (Wildman–Crippen LogP) is 3.80. The second kappa shape index (κ2) is 5.48. The van der Waals surface area contributed by atoms with Crippen molar-refractivity contribution >= 4 is 21.6 Å². The van der Waals surface area contributed by atoms with Gasteiger partial charge in [-0.05, 0) is 19.4 Å². The lowest BCUT2D eigenvalue weighted by atomic mass is 10.1. The molecule has 1 aromatic carbocycles. The van der Waals surface area contributed by atoms with E-state index in [1.807, 2.05) is 6.92 Å². The standard InChI is InChI=1S/C12H12BrN3O3/c1-3-9(13)12-15-14-11(19-12)8-5-4-6-10(7(8)2)16(17)18/h4-6,9H,3H2,1-2H3. The van der Waals surface area contributed by atoms with E-state index in [0.29, 0.717) is 22.9 Å². The van der Waals surface area contributed by atoms with Crippen LogP contribution >= 0.6 is 15.9 Å². The predicted molar refractivity (Wildman–Crippen MR) is 73.1 cm³/mol. The molecule has 6 nitrogen and oxygen atoms in total. The Labute approximate surface area is 118 Å². The summed E-state index contributed by atoms with van der Waals surface area (Å²) in [5, 5.41) is 18.8. The highest BCUT2D eigenvalue weighted by atomic mass is 79.9. The van der Waals surface area contributed by atoms with Crippen molar-refractivity contribution in [2.45, 2.75) is 25.1 Å². The van der Waals surface area contributed by atoms with Gasteiger partial charge in [0.1, 0.15) is 0 Å². The summed E-state index contributed by atoms with van der Waals surface area (Å²) in [5.74, 6) is 0.775. The molecule has 100 valence electrons. The first-order chi connectivity index (χ1) is 9.04. The smallest absolute Gasteiger partial charge is 0.273 e. The van der Waals surface area contributed by atoms with E-state index in [0.717, 1.165) is 6.42 Å². The van der Waals surface area contributed by atoms with Crippen LogP contribution in [0.2, 0.25) is 0 Å². The van der Waals surface area contributed by atoms with Gasteiger partial charge in [0.05, 0.1) is 9.75 Å². The Bertz CT molecular complexity index is 612. The van der Waals surface area contributed by atoms with E-state index in [1.165, 1.54) is 6.07 Å². The summed E-state index contributed by atoms with van der Waals surface area (Å²) in [7, 11) is 0. The van der Waals surface area contributed by atoms with Crippen LogP contribution in [0.4, 0.5) is 5.69 Å². The zero-order chi connectivity index (χ0) is 14.0. The minimum absolute atomic E-state index is 0.00671. The van der Waals surface area contributed by atoms with Gasteiger partial charge in [0, 0.05) is 17.2 Å². The molecule has 1 aromatic heterocycles. The highest BCUT2D eigenvalue weighted by Gasteiger charge is 2.20. The number of alkyl halides is 1. The quantitative estimate of drug-likeness (QED) is 0.485. The van der Waals surface area contributed by atoms with Crippen LogP contribution in [0.3, 0.4) is 0 Å². The third-order valence-corrected chi connectivity index (χ3v) is 3.84. The zero-order valence-corrected chi connectivity index (χ0v) is 12.0. The number of nitrogens with zero attached hydrogens (tertiary/aromatic N) is 3. The number of rotatable bonds is 4. The van der Waals surface area contributed by atoms with Gasteiger partial charge >= 0.3 is 0 Å². The van der Waals surface area contributed by atoms with Gasteiger partial charge in [-0.3, -0.25) is 10.1 Å². The number of hydrogen-bond donors (Lipinski definition) is 0. The van der Waals surface area contributed by atoms with E-state index in [2.05, 4.69) is 26.1 Å². The lowest BCUT2D eigenvalue weighted by molar-refractivity contribution is -0.385. The van der Waals surface area contributed by atoms with Crippen LogP contribution in [0.25, 0.3) is 11.5 Å². The monoisotopic (exact) mass is 325 g/mol. The Hall–Kier alpha value is -1.76. The molecule has 0 N–H and O–H groups in total. The Kier molecular flexibility index (Phi) is 3.94. The van der Waals surface area contributed by atoms with Gasteiger partial charge in [-0.25, -0.2) is 0 Å². The molecular formula is C12H12BrN3O3. The van der Waals surface area contributed by atoms with Crippen LogP contribution in [-0.4, -0.2) is 15.1 Å². The van der Waals surface area contributed by atoms with Gasteiger partial charge in [0.15, 0.2) is 0 Å². The van der Waals surface area contributed by atoms with E-state index < -0.39 is 4.92 Å². The summed E-state index contributed by atoms with van der Waals surface area (Å²) in [6.45, 7) is 3.66. The Morgan fingerprint density at radius 2 is 2.21 bits per heavy atom. The average molecular weight is 326 g/mol. The molecule has 0 radical (unpaired) electrons. The summed E-state index contributed by atoms with van der Waals surface area (Å²) >= 11 is 3.42. The fourth-order valence-electron chi connectivity index (χ4n) is 1.70. The molecule has 0 aliphatic heterocycles. The van der Waals surface area contributed by atoms with Crippen LogP contribution in [0.5, 0.6) is 0 Å². The van der Waals surface area contributed by atoms with Gasteiger partial charge in [-0.1, -0.05) is 28.9 Å². The maximum Gasteiger partial charge on any atom is 0.273 e. The fraction of sp³-hybridized carbons (Fsp3) is 0.333. The summed E-state index contributed by atoms with van der Waals surface area (Å²) in [6, 6.07) is 4.79. The van der Waals surface area contributed by atoms with Crippen LogP contribution in [0, 0.1) is 17.0 Å². The van der Waals surface area contributed by atoms with Crippen LogP contribution in [0.15, 0.2) is 22.6 Å². The van der Waals surface area contributed by atoms with Crippen LogP contribution < -0.4 is 0 Å². The lowest BCUT2D eigenvalue weighted by Crippen LogP contribution is -1.93. The van der Waals surface area contributed by atoms with Gasteiger partial charge in [-0.2, -0.15) is 0 Å². The molecule has 19 heavy (non-hydrogen) atoms. The van der Waals surface area contributed by atoms with Crippen molar-refractivity contribution in [3.8, 4) is 11.5 Å². The minimum Gasteiger partial charge on any atom is -0.419 e. The number of aromatic nitrogens is 2. The van der Waals surface area contributed by atoms with Crippen molar-refractivity contribution in [2.24, 2.45) is 0 Å². The third kappa shape index (κ3) is 2.65. The maximum atomic E-state index is 10.9. The molecule has 0 amide bonds. The van der Waals surface area contributed by atoms with Crippen molar-refractivity contribution in [3.05, 3.63) is 39.8 Å². The van der Waals surface area contributed by atoms with Crippen molar-refractivity contribution < 1.29 is 9.34 Å². The first kappa shape index (κ1) is 13.7. The van der Waals surface area contributed by atoms with E-state index in [4.69, 9.17) is 4.42 Å². The second-order valence-corrected chi connectivity index (χ2v) is 5.13. The maximum absolute atomic E-state index is 10.9. The van der Waals surface area contributed by atoms with Crippen molar-refractivity contribution in [3.63, 3.8) is 0 Å². The number of hydrogen-bond acceptors (Lipinski definition) is 5. The Morgan fingerprint density at radius 1 is 1.47 bits per heavy atom. The molecule has 0 aliphatic rings. The summed E-state index contributed by atoms with van der Waals surface area (Å²) < 4.78 is 5.55. The Morgan fingerprint density at radius 3 is 2.84 bits per heavy atom. The van der Waals surface area contributed by atoms with Crippen molar-refractivity contribution in [1.29, 1.82) is 0 Å². The molecule has 0 spiro atoms. The van der Waals surface area contributed by atoms with Crippen molar-refractivity contribution in [1.82, 2.24) is 10.2 Å². The largest absolute Gasteiger partial charge is 0.419 e. The van der Waals surface area contributed by atoms with E-state index in [-0.39, 0.29) is 10.5 Å². The Balaban J connectivity index is 2.45.